The van der Waals surface area contributed by atoms with Crippen LogP contribution in [0.5, 0.6) is 0 Å². The fourth-order valence-electron chi connectivity index (χ4n) is 1.67. The van der Waals surface area contributed by atoms with Crippen molar-refractivity contribution in [2.24, 2.45) is 0 Å². The summed E-state index contributed by atoms with van der Waals surface area (Å²) in [4.78, 5) is 0. The van der Waals surface area contributed by atoms with Crippen molar-refractivity contribution in [1.29, 1.82) is 0 Å². The van der Waals surface area contributed by atoms with Crippen LogP contribution in [0.15, 0.2) is 24.3 Å². The van der Waals surface area contributed by atoms with E-state index in [1.165, 1.54) is 0 Å². The topological polar surface area (TPSA) is 18.5 Å². The van der Waals surface area contributed by atoms with E-state index in [0.29, 0.717) is 18.6 Å². The minimum absolute atomic E-state index is 0.388. The van der Waals surface area contributed by atoms with Gasteiger partial charge in [0.2, 0.25) is 0 Å². The van der Waals surface area contributed by atoms with E-state index >= 15 is 0 Å². The molecule has 0 aromatic heterocycles. The second-order valence-electron chi connectivity index (χ2n) is 3.58. The second-order valence-corrected chi connectivity index (χ2v) is 3.58. The Bertz CT molecular complexity index is 362. The standard InChI is InChI=1S/C11H11F3O2/c12-11(13,14)7-16-10-9-4-2-1-3-8(9)5-6-15-10/h1-4,10H,5-7H2. The molecule has 2 nitrogen and oxygen atoms in total. The zero-order valence-corrected chi connectivity index (χ0v) is 8.46. The lowest BCUT2D eigenvalue weighted by Gasteiger charge is -2.26. The molecule has 0 fully saturated rings. The maximum atomic E-state index is 12.0. The largest absolute Gasteiger partial charge is 0.411 e. The maximum Gasteiger partial charge on any atom is 0.411 e. The minimum Gasteiger partial charge on any atom is -0.348 e. The number of halogens is 3. The number of hydrogen-bond donors (Lipinski definition) is 0. The third-order valence-corrected chi connectivity index (χ3v) is 2.35. The molecule has 1 aromatic carbocycles. The smallest absolute Gasteiger partial charge is 0.348 e. The molecule has 0 N–H and O–H groups in total. The monoisotopic (exact) mass is 232 g/mol. The summed E-state index contributed by atoms with van der Waals surface area (Å²) in [5.74, 6) is 0. The van der Waals surface area contributed by atoms with Crippen molar-refractivity contribution >= 4 is 0 Å². The molecule has 0 saturated heterocycles. The molecule has 5 heteroatoms. The van der Waals surface area contributed by atoms with Gasteiger partial charge in [-0.3, -0.25) is 0 Å². The first-order valence-electron chi connectivity index (χ1n) is 4.94. The van der Waals surface area contributed by atoms with Crippen molar-refractivity contribution in [3.05, 3.63) is 35.4 Å². The van der Waals surface area contributed by atoms with Crippen LogP contribution in [0, 0.1) is 0 Å². The first-order valence-corrected chi connectivity index (χ1v) is 4.94. The van der Waals surface area contributed by atoms with Gasteiger partial charge in [0.05, 0.1) is 6.61 Å². The van der Waals surface area contributed by atoms with Crippen molar-refractivity contribution in [3.8, 4) is 0 Å². The van der Waals surface area contributed by atoms with Crippen LogP contribution in [0.4, 0.5) is 13.2 Å². The SMILES string of the molecule is FC(F)(F)COC1OCCc2ccccc21. The number of alkyl halides is 3. The molecule has 2 rings (SSSR count). The number of ether oxygens (including phenoxy) is 2. The second kappa shape index (κ2) is 4.43. The average Bonchev–Trinajstić information content (AvgIpc) is 2.25. The zero-order chi connectivity index (χ0) is 11.6. The van der Waals surface area contributed by atoms with Crippen LogP contribution < -0.4 is 0 Å². The highest BCUT2D eigenvalue weighted by molar-refractivity contribution is 5.29. The van der Waals surface area contributed by atoms with Gasteiger partial charge < -0.3 is 9.47 Å². The zero-order valence-electron chi connectivity index (χ0n) is 8.46. The summed E-state index contributed by atoms with van der Waals surface area (Å²) in [6.45, 7) is -0.897. The summed E-state index contributed by atoms with van der Waals surface area (Å²) in [7, 11) is 0. The molecule has 0 saturated carbocycles. The number of fused-ring (bicyclic) bond motifs is 1. The Morgan fingerprint density at radius 3 is 2.81 bits per heavy atom. The third-order valence-electron chi connectivity index (χ3n) is 2.35. The fraction of sp³-hybridized carbons (Fsp3) is 0.455. The van der Waals surface area contributed by atoms with E-state index in [-0.39, 0.29) is 0 Å². The van der Waals surface area contributed by atoms with Gasteiger partial charge >= 0.3 is 6.18 Å². The Balaban J connectivity index is 2.07. The summed E-state index contributed by atoms with van der Waals surface area (Å²) >= 11 is 0. The lowest BCUT2D eigenvalue weighted by Crippen LogP contribution is -2.24. The molecule has 0 spiro atoms. The Morgan fingerprint density at radius 2 is 2.06 bits per heavy atom. The van der Waals surface area contributed by atoms with Gasteiger partial charge in [0.25, 0.3) is 0 Å². The Morgan fingerprint density at radius 1 is 1.31 bits per heavy atom. The number of benzene rings is 1. The molecule has 1 unspecified atom stereocenters. The summed E-state index contributed by atoms with van der Waals surface area (Å²) < 4.78 is 45.9. The summed E-state index contributed by atoms with van der Waals surface area (Å²) in [6, 6.07) is 7.22. The van der Waals surface area contributed by atoms with E-state index in [1.54, 1.807) is 12.1 Å². The molecule has 88 valence electrons. The van der Waals surface area contributed by atoms with Crippen molar-refractivity contribution in [3.63, 3.8) is 0 Å². The van der Waals surface area contributed by atoms with Crippen LogP contribution >= 0.6 is 0 Å². The van der Waals surface area contributed by atoms with E-state index in [2.05, 4.69) is 0 Å². The molecule has 1 aliphatic rings. The minimum atomic E-state index is -4.32. The summed E-state index contributed by atoms with van der Waals surface area (Å²) in [5.41, 5.74) is 1.68. The molecule has 0 amide bonds. The van der Waals surface area contributed by atoms with E-state index in [0.717, 1.165) is 5.56 Å². The highest BCUT2D eigenvalue weighted by atomic mass is 19.4. The summed E-state index contributed by atoms with van der Waals surface area (Å²) in [5, 5.41) is 0. The first kappa shape index (κ1) is 11.4. The van der Waals surface area contributed by atoms with Crippen LogP contribution in [0.1, 0.15) is 17.4 Å². The molecule has 0 bridgehead atoms. The van der Waals surface area contributed by atoms with E-state index in [1.807, 2.05) is 12.1 Å². The van der Waals surface area contributed by atoms with Gasteiger partial charge in [-0.05, 0) is 12.0 Å². The molecular formula is C11H11F3O2. The van der Waals surface area contributed by atoms with Crippen molar-refractivity contribution < 1.29 is 22.6 Å². The van der Waals surface area contributed by atoms with E-state index < -0.39 is 19.1 Å². The third kappa shape index (κ3) is 2.74. The predicted molar refractivity (Wildman–Crippen MR) is 50.8 cm³/mol. The number of hydrogen-bond acceptors (Lipinski definition) is 2. The Hall–Kier alpha value is -1.07. The van der Waals surface area contributed by atoms with Gasteiger partial charge in [-0.1, -0.05) is 24.3 Å². The summed E-state index contributed by atoms with van der Waals surface area (Å²) in [6.07, 6.45) is -4.51. The van der Waals surface area contributed by atoms with Gasteiger partial charge in [0.1, 0.15) is 6.61 Å². The highest BCUT2D eigenvalue weighted by Gasteiger charge is 2.31. The van der Waals surface area contributed by atoms with Crippen LogP contribution in [-0.4, -0.2) is 19.4 Å². The van der Waals surface area contributed by atoms with E-state index in [4.69, 9.17) is 9.47 Å². The predicted octanol–water partition coefficient (Wildman–Crippen LogP) is 2.84. The van der Waals surface area contributed by atoms with Gasteiger partial charge in [-0.2, -0.15) is 13.2 Å². The van der Waals surface area contributed by atoms with Crippen molar-refractivity contribution in [1.82, 2.24) is 0 Å². The molecule has 16 heavy (non-hydrogen) atoms. The fourth-order valence-corrected chi connectivity index (χ4v) is 1.67. The van der Waals surface area contributed by atoms with Gasteiger partial charge in [0.15, 0.2) is 6.29 Å². The van der Waals surface area contributed by atoms with Gasteiger partial charge in [-0.15, -0.1) is 0 Å². The Labute approximate surface area is 91.0 Å². The van der Waals surface area contributed by atoms with Crippen molar-refractivity contribution in [2.75, 3.05) is 13.2 Å². The normalized spacial score (nSPS) is 20.6. The van der Waals surface area contributed by atoms with Gasteiger partial charge in [0, 0.05) is 5.56 Å². The molecule has 0 aliphatic carbocycles. The van der Waals surface area contributed by atoms with Crippen LogP contribution in [0.25, 0.3) is 0 Å². The quantitative estimate of drug-likeness (QED) is 0.780. The molecule has 0 radical (unpaired) electrons. The van der Waals surface area contributed by atoms with Crippen LogP contribution in [0.3, 0.4) is 0 Å². The van der Waals surface area contributed by atoms with Crippen molar-refractivity contribution in [2.45, 2.75) is 18.9 Å². The average molecular weight is 232 g/mol. The van der Waals surface area contributed by atoms with Crippen LogP contribution in [-0.2, 0) is 15.9 Å². The van der Waals surface area contributed by atoms with E-state index in [9.17, 15) is 13.2 Å². The maximum absolute atomic E-state index is 12.0. The molecule has 1 aromatic rings. The Kier molecular flexibility index (Phi) is 3.16. The first-order chi connectivity index (χ1) is 7.56. The molecule has 1 atom stereocenters. The molecule has 1 heterocycles. The lowest BCUT2D eigenvalue weighted by molar-refractivity contribution is -0.234. The van der Waals surface area contributed by atoms with Gasteiger partial charge in [-0.25, -0.2) is 0 Å². The lowest BCUT2D eigenvalue weighted by atomic mass is 10.0. The molecule has 1 aliphatic heterocycles. The highest BCUT2D eigenvalue weighted by Crippen LogP contribution is 2.29. The number of rotatable bonds is 2. The molecular weight excluding hydrogens is 221 g/mol. The van der Waals surface area contributed by atoms with Crippen LogP contribution in [0.2, 0.25) is 0 Å².